The summed E-state index contributed by atoms with van der Waals surface area (Å²) in [4.78, 5) is 22.5. The highest BCUT2D eigenvalue weighted by Crippen LogP contribution is 2.67. The summed E-state index contributed by atoms with van der Waals surface area (Å²) < 4.78 is 6.25. The molecule has 0 aromatic rings. The van der Waals surface area contributed by atoms with Crippen molar-refractivity contribution < 1.29 is 19.4 Å². The van der Waals surface area contributed by atoms with Gasteiger partial charge in [-0.25, -0.2) is 0 Å². The second kappa shape index (κ2) is 12.6. The number of ether oxygens (including phenoxy) is 1. The van der Waals surface area contributed by atoms with Crippen LogP contribution in [0.4, 0.5) is 0 Å². The standard InChI is InChI=1S/C34H56O4/c1-23(2)8-6-9-24(3)29-14-15-30-28-13-11-25-22-27(38-21-7-10-26(35)12-16-32(36)37)17-19-33(25,4)31(28)18-20-34(29,30)5/h11,23-24,27-31H,6-10,12-22H2,1-5H3,(H,36,37)/t24-,27+,28?,29-,30?,31?,33+,34-/m1/s1. The molecule has 0 heterocycles. The zero-order chi connectivity index (χ0) is 27.5. The van der Waals surface area contributed by atoms with E-state index in [1.807, 2.05) is 0 Å². The minimum absolute atomic E-state index is 0.0386. The van der Waals surface area contributed by atoms with Gasteiger partial charge in [-0.1, -0.05) is 65.5 Å². The van der Waals surface area contributed by atoms with Crippen LogP contribution in [0.15, 0.2) is 11.6 Å². The highest BCUT2D eigenvalue weighted by atomic mass is 16.5. The fraction of sp³-hybridized carbons (Fsp3) is 0.882. The van der Waals surface area contributed by atoms with Crippen LogP contribution in [0, 0.1) is 46.3 Å². The maximum Gasteiger partial charge on any atom is 0.303 e. The molecule has 0 saturated heterocycles. The summed E-state index contributed by atoms with van der Waals surface area (Å²) in [5, 5.41) is 8.74. The Labute approximate surface area is 232 Å². The zero-order valence-electron chi connectivity index (χ0n) is 25.1. The van der Waals surface area contributed by atoms with Crippen molar-refractivity contribution in [2.75, 3.05) is 6.61 Å². The predicted molar refractivity (Wildman–Crippen MR) is 154 cm³/mol. The van der Waals surface area contributed by atoms with Gasteiger partial charge in [0.2, 0.25) is 0 Å². The normalized spacial score (nSPS) is 37.2. The second-order valence-corrected chi connectivity index (χ2v) is 14.6. The van der Waals surface area contributed by atoms with E-state index < -0.39 is 5.97 Å². The zero-order valence-corrected chi connectivity index (χ0v) is 25.1. The van der Waals surface area contributed by atoms with E-state index in [1.54, 1.807) is 5.57 Å². The van der Waals surface area contributed by atoms with Crippen LogP contribution < -0.4 is 0 Å². The third kappa shape index (κ3) is 6.42. The Kier molecular flexibility index (Phi) is 9.86. The van der Waals surface area contributed by atoms with Gasteiger partial charge in [0.1, 0.15) is 5.78 Å². The van der Waals surface area contributed by atoms with Crippen LogP contribution in [0.2, 0.25) is 0 Å². The average molecular weight is 529 g/mol. The third-order valence-corrected chi connectivity index (χ3v) is 11.8. The van der Waals surface area contributed by atoms with E-state index in [1.165, 1.54) is 57.8 Å². The molecule has 0 radical (unpaired) electrons. The molecule has 0 aromatic carbocycles. The summed E-state index contributed by atoms with van der Waals surface area (Å²) in [5.74, 6) is 4.36. The van der Waals surface area contributed by atoms with Gasteiger partial charge in [0.25, 0.3) is 0 Å². The van der Waals surface area contributed by atoms with E-state index in [-0.39, 0.29) is 24.7 Å². The van der Waals surface area contributed by atoms with Crippen molar-refractivity contribution in [3.8, 4) is 0 Å². The predicted octanol–water partition coefficient (Wildman–Crippen LogP) is 8.63. The molecule has 4 heteroatoms. The number of ketones is 1. The van der Waals surface area contributed by atoms with E-state index in [2.05, 4.69) is 40.7 Å². The van der Waals surface area contributed by atoms with Crippen molar-refractivity contribution in [3.05, 3.63) is 11.6 Å². The summed E-state index contributed by atoms with van der Waals surface area (Å²) in [6.45, 7) is 13.2. The maximum atomic E-state index is 11.9. The first-order valence-electron chi connectivity index (χ1n) is 16.1. The van der Waals surface area contributed by atoms with Gasteiger partial charge in [0.05, 0.1) is 12.5 Å². The Morgan fingerprint density at radius 1 is 0.974 bits per heavy atom. The minimum Gasteiger partial charge on any atom is -0.481 e. The lowest BCUT2D eigenvalue weighted by molar-refractivity contribution is -0.138. The Bertz CT molecular complexity index is 861. The van der Waals surface area contributed by atoms with Gasteiger partial charge in [-0.05, 0) is 104 Å². The van der Waals surface area contributed by atoms with Crippen LogP contribution in [-0.4, -0.2) is 29.6 Å². The van der Waals surface area contributed by atoms with Crippen LogP contribution in [-0.2, 0) is 14.3 Å². The van der Waals surface area contributed by atoms with Crippen LogP contribution in [0.25, 0.3) is 0 Å². The lowest BCUT2D eigenvalue weighted by Gasteiger charge is -2.58. The number of rotatable bonds is 13. The highest BCUT2D eigenvalue weighted by molar-refractivity contribution is 5.82. The molecule has 4 rings (SSSR count). The molecule has 3 unspecified atom stereocenters. The van der Waals surface area contributed by atoms with Gasteiger partial charge in [0.15, 0.2) is 0 Å². The first kappa shape index (κ1) is 29.8. The largest absolute Gasteiger partial charge is 0.481 e. The summed E-state index contributed by atoms with van der Waals surface area (Å²) in [5.41, 5.74) is 2.55. The second-order valence-electron chi connectivity index (χ2n) is 14.6. The highest BCUT2D eigenvalue weighted by Gasteiger charge is 2.59. The molecule has 4 aliphatic rings. The lowest BCUT2D eigenvalue weighted by Crippen LogP contribution is -2.51. The first-order chi connectivity index (χ1) is 18.0. The fourth-order valence-electron chi connectivity index (χ4n) is 9.69. The molecule has 0 amide bonds. The SMILES string of the molecule is CC(C)CCC[C@@H](C)[C@H]1CCC2C3CC=C4C[C@@H](OCCCC(=O)CCC(=O)O)CC[C@]4(C)C3CC[C@@]21C. The van der Waals surface area contributed by atoms with Gasteiger partial charge >= 0.3 is 5.97 Å². The van der Waals surface area contributed by atoms with E-state index >= 15 is 0 Å². The van der Waals surface area contributed by atoms with E-state index in [0.29, 0.717) is 30.3 Å². The molecule has 8 atom stereocenters. The Hall–Kier alpha value is -1.16. The molecule has 1 N–H and O–H groups in total. The van der Waals surface area contributed by atoms with Crippen molar-refractivity contribution in [3.63, 3.8) is 0 Å². The van der Waals surface area contributed by atoms with Crippen LogP contribution >= 0.6 is 0 Å². The van der Waals surface area contributed by atoms with Crippen LogP contribution in [0.3, 0.4) is 0 Å². The van der Waals surface area contributed by atoms with Crippen molar-refractivity contribution in [2.45, 2.75) is 137 Å². The number of allylic oxidation sites excluding steroid dienone is 1. The Morgan fingerprint density at radius 2 is 1.76 bits per heavy atom. The quantitative estimate of drug-likeness (QED) is 0.192. The molecular formula is C34H56O4. The molecule has 216 valence electrons. The summed E-state index contributed by atoms with van der Waals surface area (Å²) in [6, 6.07) is 0. The topological polar surface area (TPSA) is 63.6 Å². The number of Topliss-reactive ketones (excluding diaryl/α,β-unsaturated/α-hetero) is 1. The van der Waals surface area contributed by atoms with Crippen LogP contribution in [0.1, 0.15) is 131 Å². The average Bonchev–Trinajstić information content (AvgIpc) is 3.22. The van der Waals surface area contributed by atoms with Gasteiger partial charge in [-0.15, -0.1) is 0 Å². The maximum absolute atomic E-state index is 11.9. The molecule has 4 aliphatic carbocycles. The molecule has 0 aromatic heterocycles. The molecule has 4 nitrogen and oxygen atoms in total. The van der Waals surface area contributed by atoms with Crippen molar-refractivity contribution in [1.82, 2.24) is 0 Å². The number of carbonyl (C=O) groups is 2. The number of carboxylic acids is 1. The number of hydrogen-bond donors (Lipinski definition) is 1. The van der Waals surface area contributed by atoms with Gasteiger partial charge < -0.3 is 9.84 Å². The summed E-state index contributed by atoms with van der Waals surface area (Å²) in [7, 11) is 0. The number of carboxylic acid groups (broad SMARTS) is 1. The van der Waals surface area contributed by atoms with Crippen molar-refractivity contribution in [1.29, 1.82) is 0 Å². The molecule has 0 spiro atoms. The summed E-state index contributed by atoms with van der Waals surface area (Å²) >= 11 is 0. The number of hydrogen-bond acceptors (Lipinski definition) is 3. The molecule has 3 saturated carbocycles. The first-order valence-corrected chi connectivity index (χ1v) is 16.1. The van der Waals surface area contributed by atoms with Gasteiger partial charge in [0, 0.05) is 19.4 Å². The minimum atomic E-state index is -0.898. The molecule has 38 heavy (non-hydrogen) atoms. The molecule has 0 aliphatic heterocycles. The Balaban J connectivity index is 1.30. The van der Waals surface area contributed by atoms with Gasteiger partial charge in [-0.2, -0.15) is 0 Å². The lowest BCUT2D eigenvalue weighted by atomic mass is 9.47. The number of carbonyl (C=O) groups excluding carboxylic acids is 1. The molecular weight excluding hydrogens is 472 g/mol. The molecule has 0 bridgehead atoms. The fourth-order valence-corrected chi connectivity index (χ4v) is 9.69. The van der Waals surface area contributed by atoms with Crippen LogP contribution in [0.5, 0.6) is 0 Å². The van der Waals surface area contributed by atoms with Crippen molar-refractivity contribution in [2.24, 2.45) is 46.3 Å². The third-order valence-electron chi connectivity index (χ3n) is 11.8. The van der Waals surface area contributed by atoms with E-state index in [0.717, 1.165) is 48.3 Å². The molecule has 3 fully saturated rings. The number of aliphatic carboxylic acids is 1. The smallest absolute Gasteiger partial charge is 0.303 e. The van der Waals surface area contributed by atoms with Gasteiger partial charge in [-0.3, -0.25) is 9.59 Å². The van der Waals surface area contributed by atoms with E-state index in [4.69, 9.17) is 9.84 Å². The summed E-state index contributed by atoms with van der Waals surface area (Å²) in [6.07, 6.45) is 18.8. The monoisotopic (exact) mass is 528 g/mol. The van der Waals surface area contributed by atoms with E-state index in [9.17, 15) is 9.59 Å². The number of fused-ring (bicyclic) bond motifs is 5. The van der Waals surface area contributed by atoms with Crippen molar-refractivity contribution >= 4 is 11.8 Å². The Morgan fingerprint density at radius 3 is 2.50 bits per heavy atom.